The van der Waals surface area contributed by atoms with E-state index in [4.69, 9.17) is 0 Å². The lowest BCUT2D eigenvalue weighted by Gasteiger charge is -2.33. The van der Waals surface area contributed by atoms with Gasteiger partial charge in [-0.2, -0.15) is 0 Å². The molecule has 4 N–H and O–H groups in total. The number of nitrogens with one attached hydrogen (secondary N) is 4. The number of carbonyl (C=O) groups is 2. The van der Waals surface area contributed by atoms with Gasteiger partial charge in [0.1, 0.15) is 5.82 Å². The van der Waals surface area contributed by atoms with Gasteiger partial charge in [0.25, 0.3) is 0 Å². The summed E-state index contributed by atoms with van der Waals surface area (Å²) in [5, 5.41) is 13.6. The van der Waals surface area contributed by atoms with Gasteiger partial charge < -0.3 is 31.1 Å². The number of anilines is 2. The molecule has 0 aromatic heterocycles. The topological polar surface area (TPSA) is 95.2 Å². The molecular weight excluding hydrogens is 802 g/mol. The van der Waals surface area contributed by atoms with Crippen molar-refractivity contribution in [3.8, 4) is 0 Å². The normalized spacial score (nSPS) is 20.5. The maximum absolute atomic E-state index is 13.4. The number of benzene rings is 4. The summed E-state index contributed by atoms with van der Waals surface area (Å²) < 4.78 is 39.8. The van der Waals surface area contributed by atoms with Gasteiger partial charge in [-0.3, -0.25) is 19.4 Å². The van der Waals surface area contributed by atoms with E-state index in [0.29, 0.717) is 43.7 Å². The van der Waals surface area contributed by atoms with Crippen LogP contribution in [0.5, 0.6) is 0 Å². The number of rotatable bonds is 12. The highest BCUT2D eigenvalue weighted by molar-refractivity contribution is 5.79. The number of hydrogen-bond donors (Lipinski definition) is 4. The highest BCUT2D eigenvalue weighted by Gasteiger charge is 2.25. The molecule has 10 nitrogen and oxygen atoms in total. The molecule has 13 heteroatoms. The van der Waals surface area contributed by atoms with Crippen LogP contribution in [0.4, 0.5) is 24.5 Å². The zero-order chi connectivity index (χ0) is 44.1. The molecule has 63 heavy (non-hydrogen) atoms. The smallest absolute Gasteiger partial charge is 0.226 e. The molecule has 4 saturated heterocycles. The average molecular weight is 867 g/mol. The highest BCUT2D eigenvalue weighted by Crippen LogP contribution is 2.21. The van der Waals surface area contributed by atoms with E-state index < -0.39 is 11.6 Å². The maximum Gasteiger partial charge on any atom is 0.226 e. The van der Waals surface area contributed by atoms with Crippen LogP contribution in [-0.4, -0.2) is 121 Å². The standard InChI is InChI=1S/C25H32F2N4O.C25H33FN4O/c1-18-16-30(13-10-28-18)17-20-4-2-19(3-5-20)14-25(32)31-11-8-21(9-12-31)29-22-6-7-23(26)24(27)15-22;1-19-17-29(14-11-27-19)18-21-7-5-20(6-8-21)15-25(31)30-12-9-23(10-13-30)28-24-4-2-3-22(26)16-24/h2-7,15,18,21,28-29H,8-14,16-17H2,1H3;2-8,16,19,23,27-28H,9-15,17-18H2,1H3/t18-;19-/m11/s1. The molecule has 0 unspecified atom stereocenters. The van der Waals surface area contributed by atoms with Crippen LogP contribution < -0.4 is 21.3 Å². The largest absolute Gasteiger partial charge is 0.382 e. The molecule has 4 aromatic rings. The van der Waals surface area contributed by atoms with Crippen LogP contribution in [0.25, 0.3) is 0 Å². The number of piperazine rings is 2. The van der Waals surface area contributed by atoms with E-state index in [1.807, 2.05) is 15.9 Å². The third kappa shape index (κ3) is 14.3. The number of piperidine rings is 2. The Morgan fingerprint density at radius 1 is 0.556 bits per heavy atom. The fraction of sp³-hybridized carbons (Fsp3) is 0.480. The Morgan fingerprint density at radius 2 is 1.00 bits per heavy atom. The zero-order valence-electron chi connectivity index (χ0n) is 36.9. The number of carbonyl (C=O) groups excluding carboxylic acids is 2. The molecule has 4 heterocycles. The van der Waals surface area contributed by atoms with Crippen LogP contribution in [-0.2, 0) is 35.5 Å². The quantitative estimate of drug-likeness (QED) is 0.126. The van der Waals surface area contributed by atoms with Crippen LogP contribution in [0, 0.1) is 17.5 Å². The van der Waals surface area contributed by atoms with Gasteiger partial charge in [0.05, 0.1) is 12.8 Å². The van der Waals surface area contributed by atoms with Gasteiger partial charge in [-0.05, 0) is 92.1 Å². The van der Waals surface area contributed by atoms with Gasteiger partial charge in [0, 0.05) is 120 Å². The van der Waals surface area contributed by atoms with Crippen LogP contribution in [0.2, 0.25) is 0 Å². The molecule has 2 amide bonds. The second-order valence-electron chi connectivity index (χ2n) is 17.9. The van der Waals surface area contributed by atoms with Crippen molar-refractivity contribution in [2.24, 2.45) is 0 Å². The minimum atomic E-state index is -0.851. The number of amides is 2. The number of nitrogens with zero attached hydrogens (tertiary/aromatic N) is 4. The van der Waals surface area contributed by atoms with Gasteiger partial charge in [-0.15, -0.1) is 0 Å². The summed E-state index contributed by atoms with van der Waals surface area (Å²) in [6, 6.07) is 28.8. The van der Waals surface area contributed by atoms with Crippen molar-refractivity contribution in [2.75, 3.05) is 76.1 Å². The third-order valence-corrected chi connectivity index (χ3v) is 12.7. The summed E-state index contributed by atoms with van der Waals surface area (Å²) >= 11 is 0. The number of hydrogen-bond acceptors (Lipinski definition) is 8. The SMILES string of the molecule is C[C@@H]1CN(Cc2ccc(CC(=O)N3CCC(Nc4ccc(F)c(F)c4)CC3)cc2)CCN1.C[C@@H]1CN(Cc2ccc(CC(=O)N3CCC(Nc4cccc(F)c4)CC3)cc2)CCN1. The molecular formula is C50H65F3N8O2. The summed E-state index contributed by atoms with van der Waals surface area (Å²) in [6.07, 6.45) is 4.19. The molecule has 4 aliphatic heterocycles. The minimum absolute atomic E-state index is 0.139. The van der Waals surface area contributed by atoms with Crippen LogP contribution in [0.15, 0.2) is 91.0 Å². The lowest BCUT2D eigenvalue weighted by Crippen LogP contribution is -2.48. The monoisotopic (exact) mass is 867 g/mol. The predicted octanol–water partition coefficient (Wildman–Crippen LogP) is 6.67. The lowest BCUT2D eigenvalue weighted by atomic mass is 10.0. The van der Waals surface area contributed by atoms with Crippen molar-refractivity contribution in [1.29, 1.82) is 0 Å². The first-order chi connectivity index (χ1) is 30.5. The third-order valence-electron chi connectivity index (χ3n) is 12.7. The van der Waals surface area contributed by atoms with Gasteiger partial charge >= 0.3 is 0 Å². The summed E-state index contributed by atoms with van der Waals surface area (Å²) in [5.74, 6) is -1.60. The Balaban J connectivity index is 0.000000189. The van der Waals surface area contributed by atoms with Crippen molar-refractivity contribution in [3.05, 3.63) is 131 Å². The van der Waals surface area contributed by atoms with Gasteiger partial charge in [0.2, 0.25) is 11.8 Å². The predicted molar refractivity (Wildman–Crippen MR) is 245 cm³/mol. The van der Waals surface area contributed by atoms with E-state index in [0.717, 1.165) is 114 Å². The van der Waals surface area contributed by atoms with Gasteiger partial charge in [-0.25, -0.2) is 13.2 Å². The molecule has 0 radical (unpaired) electrons. The van der Waals surface area contributed by atoms with E-state index in [1.165, 1.54) is 29.3 Å². The van der Waals surface area contributed by atoms with Gasteiger partial charge in [0.15, 0.2) is 11.6 Å². The van der Waals surface area contributed by atoms with Crippen molar-refractivity contribution < 1.29 is 22.8 Å². The van der Waals surface area contributed by atoms with Crippen molar-refractivity contribution >= 4 is 23.2 Å². The number of likely N-dealkylation sites (tertiary alicyclic amines) is 2. The molecule has 0 aliphatic carbocycles. The zero-order valence-corrected chi connectivity index (χ0v) is 36.9. The van der Waals surface area contributed by atoms with E-state index in [2.05, 4.69) is 93.4 Å². The first kappa shape index (κ1) is 46.1. The Morgan fingerprint density at radius 3 is 1.43 bits per heavy atom. The molecule has 4 aliphatic rings. The van der Waals surface area contributed by atoms with Crippen molar-refractivity contribution in [3.63, 3.8) is 0 Å². The minimum Gasteiger partial charge on any atom is -0.382 e. The van der Waals surface area contributed by atoms with Crippen LogP contribution in [0.3, 0.4) is 0 Å². The molecule has 0 bridgehead atoms. The first-order valence-corrected chi connectivity index (χ1v) is 22.9. The molecule has 8 rings (SSSR count). The second kappa shape index (κ2) is 22.6. The lowest BCUT2D eigenvalue weighted by molar-refractivity contribution is -0.132. The Bertz CT molecular complexity index is 2070. The summed E-state index contributed by atoms with van der Waals surface area (Å²) in [7, 11) is 0. The van der Waals surface area contributed by atoms with Crippen molar-refractivity contribution in [1.82, 2.24) is 30.2 Å². The van der Waals surface area contributed by atoms with E-state index in [9.17, 15) is 22.8 Å². The van der Waals surface area contributed by atoms with Gasteiger partial charge in [-0.1, -0.05) is 54.6 Å². The fourth-order valence-electron chi connectivity index (χ4n) is 9.11. The van der Waals surface area contributed by atoms with E-state index in [1.54, 1.807) is 12.1 Å². The molecule has 4 fully saturated rings. The average Bonchev–Trinajstić information content (AvgIpc) is 3.27. The summed E-state index contributed by atoms with van der Waals surface area (Å²) in [4.78, 5) is 34.3. The van der Waals surface area contributed by atoms with E-state index >= 15 is 0 Å². The fourth-order valence-corrected chi connectivity index (χ4v) is 9.11. The van der Waals surface area contributed by atoms with Crippen LogP contribution in [0.1, 0.15) is 61.8 Å². The molecule has 0 saturated carbocycles. The molecule has 338 valence electrons. The second-order valence-corrected chi connectivity index (χ2v) is 17.9. The number of halogens is 3. The van der Waals surface area contributed by atoms with Crippen LogP contribution >= 0.6 is 0 Å². The van der Waals surface area contributed by atoms with E-state index in [-0.39, 0.29) is 29.7 Å². The summed E-state index contributed by atoms with van der Waals surface area (Å²) in [6.45, 7) is 15.5. The molecule has 0 spiro atoms. The maximum atomic E-state index is 13.4. The van der Waals surface area contributed by atoms with Crippen molar-refractivity contribution in [2.45, 2.75) is 89.6 Å². The first-order valence-electron chi connectivity index (χ1n) is 22.9. The highest BCUT2D eigenvalue weighted by atomic mass is 19.2. The summed E-state index contributed by atoms with van der Waals surface area (Å²) in [5.41, 5.74) is 6.06. The Labute approximate surface area is 371 Å². The Kier molecular flexibility index (Phi) is 16.5. The Hall–Kier alpha value is -4.95. The molecule has 2 atom stereocenters. The molecule has 4 aromatic carbocycles.